The highest BCUT2D eigenvalue weighted by atomic mass is 16.5. The van der Waals surface area contributed by atoms with Gasteiger partial charge < -0.3 is 9.84 Å². The van der Waals surface area contributed by atoms with Crippen LogP contribution in [0, 0.1) is 0 Å². The summed E-state index contributed by atoms with van der Waals surface area (Å²) in [6.45, 7) is -0.345. The maximum Gasteiger partial charge on any atom is 0.158 e. The summed E-state index contributed by atoms with van der Waals surface area (Å²) in [5, 5.41) is 8.53. The van der Waals surface area contributed by atoms with Gasteiger partial charge in [0.15, 0.2) is 5.78 Å². The fourth-order valence-electron chi connectivity index (χ4n) is 1.36. The highest BCUT2D eigenvalue weighted by molar-refractivity contribution is 5.79. The third-order valence-corrected chi connectivity index (χ3v) is 2.26. The fourth-order valence-corrected chi connectivity index (χ4v) is 1.36. The Balaban J connectivity index is 2.34. The molecule has 0 aromatic heterocycles. The van der Waals surface area contributed by atoms with E-state index >= 15 is 0 Å². The normalized spacial score (nSPS) is 10.0. The molecule has 0 atom stereocenters. The minimum Gasteiger partial charge on any atom is -0.497 e. The van der Waals surface area contributed by atoms with Gasteiger partial charge in [-0.25, -0.2) is 0 Å². The Morgan fingerprint density at radius 3 is 2.53 bits per heavy atom. The van der Waals surface area contributed by atoms with E-state index in [1.54, 1.807) is 7.11 Å². The third kappa shape index (κ3) is 4.13. The van der Waals surface area contributed by atoms with Crippen molar-refractivity contribution in [3.05, 3.63) is 29.8 Å². The number of aliphatic hydroxyl groups is 1. The first-order valence-electron chi connectivity index (χ1n) is 5.01. The number of aryl methyl sites for hydroxylation is 1. The Morgan fingerprint density at radius 1 is 1.33 bits per heavy atom. The van der Waals surface area contributed by atoms with Crippen LogP contribution in [-0.4, -0.2) is 24.6 Å². The topological polar surface area (TPSA) is 46.5 Å². The second-order valence-corrected chi connectivity index (χ2v) is 3.40. The van der Waals surface area contributed by atoms with Gasteiger partial charge in [-0.15, -0.1) is 0 Å². The number of ether oxygens (including phenoxy) is 1. The second-order valence-electron chi connectivity index (χ2n) is 3.40. The number of carbonyl (C=O) groups is 1. The van der Waals surface area contributed by atoms with E-state index in [0.29, 0.717) is 6.42 Å². The minimum absolute atomic E-state index is 0.0940. The number of Topliss-reactive ketones (excluding diaryl/α,β-unsaturated/α-hetero) is 1. The van der Waals surface area contributed by atoms with Gasteiger partial charge >= 0.3 is 0 Å². The summed E-state index contributed by atoms with van der Waals surface area (Å²) >= 11 is 0. The summed E-state index contributed by atoms with van der Waals surface area (Å²) in [6.07, 6.45) is 2.09. The van der Waals surface area contributed by atoms with Gasteiger partial charge in [0, 0.05) is 6.42 Å². The van der Waals surface area contributed by atoms with Crippen LogP contribution in [0.25, 0.3) is 0 Å². The fraction of sp³-hybridized carbons (Fsp3) is 0.417. The summed E-state index contributed by atoms with van der Waals surface area (Å²) in [4.78, 5) is 10.8. The molecule has 0 bridgehead atoms. The molecule has 1 aromatic rings. The van der Waals surface area contributed by atoms with Gasteiger partial charge in [0.2, 0.25) is 0 Å². The lowest BCUT2D eigenvalue weighted by Crippen LogP contribution is -2.03. The summed E-state index contributed by atoms with van der Waals surface area (Å²) in [6, 6.07) is 7.79. The van der Waals surface area contributed by atoms with Crippen LogP contribution in [0.15, 0.2) is 24.3 Å². The smallest absolute Gasteiger partial charge is 0.158 e. The SMILES string of the molecule is COc1ccc(CCCC(=O)CO)cc1. The zero-order chi connectivity index (χ0) is 11.1. The molecule has 1 rings (SSSR count). The first-order valence-corrected chi connectivity index (χ1v) is 5.01. The van der Waals surface area contributed by atoms with Crippen LogP contribution in [0.1, 0.15) is 18.4 Å². The predicted molar refractivity (Wildman–Crippen MR) is 58.0 cm³/mol. The molecule has 0 aliphatic heterocycles. The summed E-state index contributed by atoms with van der Waals surface area (Å²) in [5.41, 5.74) is 1.18. The first kappa shape index (κ1) is 11.7. The number of hydrogen-bond acceptors (Lipinski definition) is 3. The Bertz CT molecular complexity index is 303. The standard InChI is InChI=1S/C12H16O3/c1-15-12-7-5-10(6-8-12)3-2-4-11(14)9-13/h5-8,13H,2-4,9H2,1H3. The van der Waals surface area contributed by atoms with Crippen LogP contribution < -0.4 is 4.74 Å². The van der Waals surface area contributed by atoms with Crippen LogP contribution in [0.5, 0.6) is 5.75 Å². The zero-order valence-electron chi connectivity index (χ0n) is 8.90. The number of hydrogen-bond donors (Lipinski definition) is 1. The van der Waals surface area contributed by atoms with Gasteiger partial charge in [-0.3, -0.25) is 4.79 Å². The van der Waals surface area contributed by atoms with Gasteiger partial charge in [-0.05, 0) is 30.5 Å². The molecule has 0 amide bonds. The van der Waals surface area contributed by atoms with E-state index < -0.39 is 0 Å². The average molecular weight is 208 g/mol. The first-order chi connectivity index (χ1) is 7.26. The molecule has 0 heterocycles. The summed E-state index contributed by atoms with van der Waals surface area (Å²) in [7, 11) is 1.63. The van der Waals surface area contributed by atoms with Gasteiger partial charge in [-0.2, -0.15) is 0 Å². The molecular weight excluding hydrogens is 192 g/mol. The van der Waals surface area contributed by atoms with Crippen molar-refractivity contribution in [2.75, 3.05) is 13.7 Å². The Hall–Kier alpha value is -1.35. The molecule has 0 spiro atoms. The van der Waals surface area contributed by atoms with Crippen molar-refractivity contribution in [2.24, 2.45) is 0 Å². The molecule has 3 nitrogen and oxygen atoms in total. The molecule has 82 valence electrons. The molecule has 0 saturated heterocycles. The van der Waals surface area contributed by atoms with E-state index in [0.717, 1.165) is 18.6 Å². The highest BCUT2D eigenvalue weighted by Gasteiger charge is 2.00. The molecule has 3 heteroatoms. The molecule has 1 N–H and O–H groups in total. The number of methoxy groups -OCH3 is 1. The van der Waals surface area contributed by atoms with E-state index in [4.69, 9.17) is 9.84 Å². The van der Waals surface area contributed by atoms with Crippen molar-refractivity contribution in [1.82, 2.24) is 0 Å². The third-order valence-electron chi connectivity index (χ3n) is 2.26. The highest BCUT2D eigenvalue weighted by Crippen LogP contribution is 2.13. The maximum atomic E-state index is 10.8. The number of carbonyl (C=O) groups excluding carboxylic acids is 1. The quantitative estimate of drug-likeness (QED) is 0.772. The van der Waals surface area contributed by atoms with Crippen LogP contribution in [-0.2, 0) is 11.2 Å². The predicted octanol–water partition coefficient (Wildman–Crippen LogP) is 1.58. The molecule has 1 aromatic carbocycles. The van der Waals surface area contributed by atoms with Crippen LogP contribution in [0.4, 0.5) is 0 Å². The van der Waals surface area contributed by atoms with Crippen molar-refractivity contribution in [3.8, 4) is 5.75 Å². The van der Waals surface area contributed by atoms with E-state index in [-0.39, 0.29) is 12.4 Å². The van der Waals surface area contributed by atoms with Crippen molar-refractivity contribution >= 4 is 5.78 Å². The lowest BCUT2D eigenvalue weighted by molar-refractivity contribution is -0.121. The molecule has 0 aliphatic rings. The van der Waals surface area contributed by atoms with Crippen molar-refractivity contribution < 1.29 is 14.6 Å². The summed E-state index contributed by atoms with van der Waals surface area (Å²) in [5.74, 6) is 0.744. The molecule has 0 saturated carbocycles. The Morgan fingerprint density at radius 2 is 2.00 bits per heavy atom. The molecule has 0 radical (unpaired) electrons. The van der Waals surface area contributed by atoms with Crippen LogP contribution in [0.3, 0.4) is 0 Å². The van der Waals surface area contributed by atoms with Crippen molar-refractivity contribution in [2.45, 2.75) is 19.3 Å². The monoisotopic (exact) mass is 208 g/mol. The molecular formula is C12H16O3. The molecule has 0 aliphatic carbocycles. The zero-order valence-corrected chi connectivity index (χ0v) is 8.90. The average Bonchev–Trinajstić information content (AvgIpc) is 2.29. The maximum absolute atomic E-state index is 10.8. The van der Waals surface area contributed by atoms with Crippen LogP contribution in [0.2, 0.25) is 0 Å². The van der Waals surface area contributed by atoms with E-state index in [2.05, 4.69) is 0 Å². The molecule has 0 unspecified atom stereocenters. The number of ketones is 1. The van der Waals surface area contributed by atoms with Crippen molar-refractivity contribution in [1.29, 1.82) is 0 Å². The number of benzene rings is 1. The van der Waals surface area contributed by atoms with Gasteiger partial charge in [0.1, 0.15) is 12.4 Å². The lowest BCUT2D eigenvalue weighted by Gasteiger charge is -2.02. The minimum atomic E-state index is -0.345. The van der Waals surface area contributed by atoms with Gasteiger partial charge in [-0.1, -0.05) is 12.1 Å². The van der Waals surface area contributed by atoms with E-state index in [9.17, 15) is 4.79 Å². The number of rotatable bonds is 6. The van der Waals surface area contributed by atoms with Crippen molar-refractivity contribution in [3.63, 3.8) is 0 Å². The largest absolute Gasteiger partial charge is 0.497 e. The molecule has 15 heavy (non-hydrogen) atoms. The van der Waals surface area contributed by atoms with Gasteiger partial charge in [0.05, 0.1) is 7.11 Å². The van der Waals surface area contributed by atoms with E-state index in [1.165, 1.54) is 5.56 Å². The summed E-state index contributed by atoms with van der Waals surface area (Å²) < 4.78 is 5.04. The molecule has 0 fully saturated rings. The Labute approximate surface area is 89.7 Å². The lowest BCUT2D eigenvalue weighted by atomic mass is 10.1. The van der Waals surface area contributed by atoms with Crippen LogP contribution >= 0.6 is 0 Å². The van der Waals surface area contributed by atoms with Gasteiger partial charge in [0.25, 0.3) is 0 Å². The second kappa shape index (κ2) is 6.19. The van der Waals surface area contributed by atoms with E-state index in [1.807, 2.05) is 24.3 Å². The Kier molecular flexibility index (Phi) is 4.84. The number of aliphatic hydroxyl groups excluding tert-OH is 1.